The Morgan fingerprint density at radius 3 is 2.62 bits per heavy atom. The molecule has 0 bridgehead atoms. The van der Waals surface area contributed by atoms with E-state index < -0.39 is 0 Å². The van der Waals surface area contributed by atoms with Gasteiger partial charge >= 0.3 is 0 Å². The standard InChI is InChI=1S/C20H23N3O/c1-15-6-7-19(21-14-15)22-11-8-17(9-12-22)20(24)23-13-10-16-4-2-3-5-18(16)23/h2-7,14,17H,8-13H2,1H3. The SMILES string of the molecule is Cc1ccc(N2CCC(C(=O)N3CCc4ccccc43)CC2)nc1. The number of fused-ring (bicyclic) bond motifs is 1. The van der Waals surface area contributed by atoms with Crippen LogP contribution in [0.25, 0.3) is 0 Å². The molecule has 4 heteroatoms. The third-order valence-corrected chi connectivity index (χ3v) is 5.22. The van der Waals surface area contributed by atoms with Crippen molar-refractivity contribution in [3.05, 3.63) is 53.7 Å². The normalized spacial score (nSPS) is 17.9. The van der Waals surface area contributed by atoms with E-state index in [0.717, 1.165) is 50.4 Å². The molecule has 0 aliphatic carbocycles. The molecule has 24 heavy (non-hydrogen) atoms. The molecule has 4 nitrogen and oxygen atoms in total. The van der Waals surface area contributed by atoms with Crippen molar-refractivity contribution < 1.29 is 4.79 Å². The van der Waals surface area contributed by atoms with E-state index in [1.165, 1.54) is 11.1 Å². The highest BCUT2D eigenvalue weighted by Crippen LogP contribution is 2.31. The van der Waals surface area contributed by atoms with Crippen LogP contribution in [0.2, 0.25) is 0 Å². The number of aryl methyl sites for hydroxylation is 1. The van der Waals surface area contributed by atoms with E-state index in [9.17, 15) is 4.79 Å². The highest BCUT2D eigenvalue weighted by molar-refractivity contribution is 5.97. The highest BCUT2D eigenvalue weighted by Gasteiger charge is 2.32. The molecule has 124 valence electrons. The van der Waals surface area contributed by atoms with E-state index in [4.69, 9.17) is 0 Å². The lowest BCUT2D eigenvalue weighted by atomic mass is 9.95. The smallest absolute Gasteiger partial charge is 0.230 e. The monoisotopic (exact) mass is 321 g/mol. The molecular formula is C20H23N3O. The molecule has 1 saturated heterocycles. The van der Waals surface area contributed by atoms with Gasteiger partial charge in [0, 0.05) is 37.4 Å². The van der Waals surface area contributed by atoms with Crippen molar-refractivity contribution in [1.29, 1.82) is 0 Å². The summed E-state index contributed by atoms with van der Waals surface area (Å²) in [4.78, 5) is 21.7. The number of rotatable bonds is 2. The fraction of sp³-hybridized carbons (Fsp3) is 0.400. The summed E-state index contributed by atoms with van der Waals surface area (Å²) in [6.45, 7) is 4.69. The third kappa shape index (κ3) is 2.77. The number of carbonyl (C=O) groups excluding carboxylic acids is 1. The van der Waals surface area contributed by atoms with Gasteiger partial charge in [-0.15, -0.1) is 0 Å². The quantitative estimate of drug-likeness (QED) is 0.852. The maximum absolute atomic E-state index is 12.9. The lowest BCUT2D eigenvalue weighted by molar-refractivity contribution is -0.122. The molecule has 4 rings (SSSR count). The van der Waals surface area contributed by atoms with E-state index in [-0.39, 0.29) is 5.92 Å². The number of hydrogen-bond acceptors (Lipinski definition) is 3. The number of amides is 1. The number of aromatic nitrogens is 1. The Kier molecular flexibility index (Phi) is 3.97. The van der Waals surface area contributed by atoms with Gasteiger partial charge in [0.2, 0.25) is 5.91 Å². The van der Waals surface area contributed by atoms with Gasteiger partial charge in [0.05, 0.1) is 0 Å². The maximum Gasteiger partial charge on any atom is 0.230 e. The van der Waals surface area contributed by atoms with E-state index in [1.807, 2.05) is 17.2 Å². The van der Waals surface area contributed by atoms with Crippen molar-refractivity contribution in [3.8, 4) is 0 Å². The minimum absolute atomic E-state index is 0.137. The first-order valence-corrected chi connectivity index (χ1v) is 8.79. The molecule has 0 unspecified atom stereocenters. The number of carbonyl (C=O) groups is 1. The Bertz CT molecular complexity index is 733. The summed E-state index contributed by atoms with van der Waals surface area (Å²) in [5.41, 5.74) is 3.59. The minimum atomic E-state index is 0.137. The molecule has 0 saturated carbocycles. The molecule has 0 spiro atoms. The van der Waals surface area contributed by atoms with E-state index in [1.54, 1.807) is 0 Å². The zero-order chi connectivity index (χ0) is 16.5. The van der Waals surface area contributed by atoms with Crippen molar-refractivity contribution in [3.63, 3.8) is 0 Å². The molecular weight excluding hydrogens is 298 g/mol. The topological polar surface area (TPSA) is 36.4 Å². The summed E-state index contributed by atoms with van der Waals surface area (Å²) in [5.74, 6) is 1.47. The van der Waals surface area contributed by atoms with Gasteiger partial charge in [-0.25, -0.2) is 4.98 Å². The van der Waals surface area contributed by atoms with Crippen LogP contribution in [0.15, 0.2) is 42.6 Å². The Morgan fingerprint density at radius 1 is 1.08 bits per heavy atom. The maximum atomic E-state index is 12.9. The van der Waals surface area contributed by atoms with Gasteiger partial charge < -0.3 is 9.80 Å². The van der Waals surface area contributed by atoms with Crippen molar-refractivity contribution in [1.82, 2.24) is 4.98 Å². The number of anilines is 2. The lowest BCUT2D eigenvalue weighted by Gasteiger charge is -2.34. The predicted molar refractivity (Wildman–Crippen MR) is 96.4 cm³/mol. The number of pyridine rings is 1. The van der Waals surface area contributed by atoms with Gasteiger partial charge in [0.25, 0.3) is 0 Å². The van der Waals surface area contributed by atoms with E-state index >= 15 is 0 Å². The second-order valence-electron chi connectivity index (χ2n) is 6.82. The molecule has 1 aromatic heterocycles. The number of hydrogen-bond donors (Lipinski definition) is 0. The van der Waals surface area contributed by atoms with Crippen LogP contribution in [0.4, 0.5) is 11.5 Å². The Hall–Kier alpha value is -2.36. The zero-order valence-corrected chi connectivity index (χ0v) is 14.1. The van der Waals surface area contributed by atoms with E-state index in [2.05, 4.69) is 47.1 Å². The van der Waals surface area contributed by atoms with E-state index in [0.29, 0.717) is 5.91 Å². The van der Waals surface area contributed by atoms with Crippen LogP contribution in [-0.4, -0.2) is 30.5 Å². The van der Waals surface area contributed by atoms with Crippen LogP contribution < -0.4 is 9.80 Å². The summed E-state index contributed by atoms with van der Waals surface area (Å²) in [7, 11) is 0. The molecule has 3 heterocycles. The summed E-state index contributed by atoms with van der Waals surface area (Å²) >= 11 is 0. The fourth-order valence-electron chi connectivity index (χ4n) is 3.79. The Morgan fingerprint density at radius 2 is 1.88 bits per heavy atom. The predicted octanol–water partition coefficient (Wildman–Crippen LogP) is 3.20. The van der Waals surface area contributed by atoms with Crippen LogP contribution in [0.1, 0.15) is 24.0 Å². The highest BCUT2D eigenvalue weighted by atomic mass is 16.2. The van der Waals surface area contributed by atoms with Crippen LogP contribution in [0.5, 0.6) is 0 Å². The number of para-hydroxylation sites is 1. The molecule has 2 aliphatic heterocycles. The number of benzene rings is 1. The van der Waals surface area contributed by atoms with Crippen molar-refractivity contribution >= 4 is 17.4 Å². The molecule has 2 aromatic rings. The minimum Gasteiger partial charge on any atom is -0.357 e. The summed E-state index contributed by atoms with van der Waals surface area (Å²) in [6, 6.07) is 12.5. The third-order valence-electron chi connectivity index (χ3n) is 5.22. The first-order chi connectivity index (χ1) is 11.7. The fourth-order valence-corrected chi connectivity index (χ4v) is 3.79. The van der Waals surface area contributed by atoms with Crippen LogP contribution in [0.3, 0.4) is 0 Å². The molecule has 0 atom stereocenters. The first kappa shape index (κ1) is 15.2. The summed E-state index contributed by atoms with van der Waals surface area (Å²) in [5, 5.41) is 0. The van der Waals surface area contributed by atoms with Crippen molar-refractivity contribution in [2.75, 3.05) is 29.4 Å². The molecule has 1 aromatic carbocycles. The second-order valence-corrected chi connectivity index (χ2v) is 6.82. The van der Waals surface area contributed by atoms with Gasteiger partial charge in [-0.3, -0.25) is 4.79 Å². The summed E-state index contributed by atoms with van der Waals surface area (Å²) in [6.07, 6.45) is 4.71. The molecule has 1 amide bonds. The summed E-state index contributed by atoms with van der Waals surface area (Å²) < 4.78 is 0. The van der Waals surface area contributed by atoms with Crippen molar-refractivity contribution in [2.45, 2.75) is 26.2 Å². The Labute approximate surface area is 143 Å². The first-order valence-electron chi connectivity index (χ1n) is 8.79. The van der Waals surface area contributed by atoms with Gasteiger partial charge in [0.15, 0.2) is 0 Å². The molecule has 0 N–H and O–H groups in total. The molecule has 2 aliphatic rings. The van der Waals surface area contributed by atoms with Gasteiger partial charge in [0.1, 0.15) is 5.82 Å². The zero-order valence-electron chi connectivity index (χ0n) is 14.1. The van der Waals surface area contributed by atoms with Crippen LogP contribution in [-0.2, 0) is 11.2 Å². The van der Waals surface area contributed by atoms with Gasteiger partial charge in [-0.1, -0.05) is 24.3 Å². The second kappa shape index (κ2) is 6.27. The van der Waals surface area contributed by atoms with Crippen LogP contribution >= 0.6 is 0 Å². The average Bonchev–Trinajstić information content (AvgIpc) is 3.06. The molecule has 0 radical (unpaired) electrons. The van der Waals surface area contributed by atoms with Crippen molar-refractivity contribution in [2.24, 2.45) is 5.92 Å². The molecule has 1 fully saturated rings. The average molecular weight is 321 g/mol. The largest absolute Gasteiger partial charge is 0.357 e. The number of nitrogens with zero attached hydrogens (tertiary/aromatic N) is 3. The van der Waals surface area contributed by atoms with Crippen LogP contribution in [0, 0.1) is 12.8 Å². The Balaban J connectivity index is 1.41. The lowest BCUT2D eigenvalue weighted by Crippen LogP contribution is -2.42. The number of piperidine rings is 1. The van der Waals surface area contributed by atoms with Gasteiger partial charge in [-0.2, -0.15) is 0 Å². The van der Waals surface area contributed by atoms with Gasteiger partial charge in [-0.05, 0) is 49.4 Å².